The van der Waals surface area contributed by atoms with Crippen LogP contribution in [0.25, 0.3) is 10.8 Å². The molecule has 1 saturated heterocycles. The van der Waals surface area contributed by atoms with Gasteiger partial charge in [0.25, 0.3) is 5.91 Å². The van der Waals surface area contributed by atoms with E-state index in [0.717, 1.165) is 0 Å². The van der Waals surface area contributed by atoms with Gasteiger partial charge in [-0.05, 0) is 25.0 Å². The Morgan fingerprint density at radius 2 is 2.35 bits per heavy atom. The van der Waals surface area contributed by atoms with Gasteiger partial charge in [-0.15, -0.1) is 11.3 Å². The van der Waals surface area contributed by atoms with Crippen molar-refractivity contribution in [2.75, 3.05) is 6.54 Å². The van der Waals surface area contributed by atoms with Gasteiger partial charge in [0.2, 0.25) is 0 Å². The van der Waals surface area contributed by atoms with Gasteiger partial charge < -0.3 is 14.4 Å². The summed E-state index contributed by atoms with van der Waals surface area (Å²) in [7, 11) is 0. The summed E-state index contributed by atoms with van der Waals surface area (Å²) >= 11 is 1.21. The molecule has 6 nitrogen and oxygen atoms in total. The number of nitrogens with zero attached hydrogens (tertiary/aromatic N) is 2. The summed E-state index contributed by atoms with van der Waals surface area (Å²) in [5.74, 6) is -0.623. The van der Waals surface area contributed by atoms with Crippen molar-refractivity contribution in [3.8, 4) is 10.8 Å². The molecule has 0 saturated carbocycles. The van der Waals surface area contributed by atoms with Crippen LogP contribution in [-0.4, -0.2) is 39.5 Å². The molecule has 2 aromatic rings. The van der Waals surface area contributed by atoms with Crippen LogP contribution in [0.5, 0.6) is 0 Å². The molecule has 1 atom stereocenters. The molecule has 3 rings (SSSR count). The van der Waals surface area contributed by atoms with Crippen molar-refractivity contribution in [3.05, 3.63) is 29.5 Å². The number of carbonyl (C=O) groups is 2. The van der Waals surface area contributed by atoms with Gasteiger partial charge in [-0.1, -0.05) is 0 Å². The number of hydrogen-bond acceptors (Lipinski definition) is 5. The minimum absolute atomic E-state index is 0.273. The second-order valence-electron chi connectivity index (χ2n) is 4.50. The minimum atomic E-state index is -0.952. The van der Waals surface area contributed by atoms with Crippen molar-refractivity contribution in [2.45, 2.75) is 18.9 Å². The monoisotopic (exact) mass is 292 g/mol. The Hall–Kier alpha value is -2.15. The number of hydrogen-bond donors (Lipinski definition) is 1. The molecule has 0 spiro atoms. The third-order valence-corrected chi connectivity index (χ3v) is 4.25. The van der Waals surface area contributed by atoms with Gasteiger partial charge in [0.05, 0.1) is 12.5 Å². The Labute approximate surface area is 118 Å². The summed E-state index contributed by atoms with van der Waals surface area (Å²) in [5.41, 5.74) is 0. The Balaban J connectivity index is 1.83. The third-order valence-electron chi connectivity index (χ3n) is 3.25. The SMILES string of the molecule is O=C(O)C1CCCN1C(=O)c1cnc(-c2ccco2)s1. The summed E-state index contributed by atoms with van der Waals surface area (Å²) in [6, 6.07) is 2.79. The molecule has 1 amide bonds. The summed E-state index contributed by atoms with van der Waals surface area (Å²) in [6.45, 7) is 0.476. The number of likely N-dealkylation sites (tertiary alicyclic amines) is 1. The van der Waals surface area contributed by atoms with Crippen LogP contribution < -0.4 is 0 Å². The Morgan fingerprint density at radius 3 is 3.05 bits per heavy atom. The van der Waals surface area contributed by atoms with Crippen LogP contribution in [0, 0.1) is 0 Å². The van der Waals surface area contributed by atoms with E-state index < -0.39 is 12.0 Å². The zero-order valence-electron chi connectivity index (χ0n) is 10.5. The lowest BCUT2D eigenvalue weighted by Crippen LogP contribution is -2.40. The van der Waals surface area contributed by atoms with Crippen LogP contribution in [0.1, 0.15) is 22.5 Å². The molecule has 1 aliphatic rings. The largest absolute Gasteiger partial charge is 0.480 e. The first-order valence-electron chi connectivity index (χ1n) is 6.20. The Kier molecular flexibility index (Phi) is 3.27. The predicted octanol–water partition coefficient (Wildman–Crippen LogP) is 2.09. The number of furan rings is 1. The van der Waals surface area contributed by atoms with Crippen molar-refractivity contribution in [1.82, 2.24) is 9.88 Å². The lowest BCUT2D eigenvalue weighted by Gasteiger charge is -2.20. The number of carboxylic acid groups (broad SMARTS) is 1. The van der Waals surface area contributed by atoms with Gasteiger partial charge >= 0.3 is 5.97 Å². The fraction of sp³-hybridized carbons (Fsp3) is 0.308. The summed E-state index contributed by atoms with van der Waals surface area (Å²) < 4.78 is 5.23. The standard InChI is InChI=1S/C13H12N2O4S/c16-12(15-5-1-3-8(15)13(17)18)10-7-14-11(20-10)9-4-2-6-19-9/h2,4,6-8H,1,3,5H2,(H,17,18). The normalized spacial score (nSPS) is 18.4. The van der Waals surface area contributed by atoms with Crippen molar-refractivity contribution >= 4 is 23.2 Å². The fourth-order valence-corrected chi connectivity index (χ4v) is 3.14. The molecule has 1 N–H and O–H groups in total. The first-order valence-corrected chi connectivity index (χ1v) is 7.02. The maximum Gasteiger partial charge on any atom is 0.326 e. The highest BCUT2D eigenvalue weighted by molar-refractivity contribution is 7.16. The molecule has 3 heterocycles. The van der Waals surface area contributed by atoms with Crippen LogP contribution in [0.15, 0.2) is 29.0 Å². The van der Waals surface area contributed by atoms with Crippen LogP contribution in [0.2, 0.25) is 0 Å². The fourth-order valence-electron chi connectivity index (χ4n) is 2.30. The summed E-state index contributed by atoms with van der Waals surface area (Å²) in [6.07, 6.45) is 4.23. The smallest absolute Gasteiger partial charge is 0.326 e. The lowest BCUT2D eigenvalue weighted by atomic mass is 10.2. The van der Waals surface area contributed by atoms with Gasteiger partial charge in [-0.3, -0.25) is 4.79 Å². The lowest BCUT2D eigenvalue weighted by molar-refractivity contribution is -0.141. The molecule has 1 unspecified atom stereocenters. The number of carboxylic acids is 1. The van der Waals surface area contributed by atoms with Crippen molar-refractivity contribution < 1.29 is 19.1 Å². The molecular formula is C13H12N2O4S. The van der Waals surface area contributed by atoms with Crippen LogP contribution in [-0.2, 0) is 4.79 Å². The third kappa shape index (κ3) is 2.20. The average molecular weight is 292 g/mol. The number of amides is 1. The second kappa shape index (κ2) is 5.09. The molecule has 0 aromatic carbocycles. The summed E-state index contributed by atoms with van der Waals surface area (Å²) in [5, 5.41) is 9.73. The molecule has 0 radical (unpaired) electrons. The van der Waals surface area contributed by atoms with Crippen LogP contribution >= 0.6 is 11.3 Å². The highest BCUT2D eigenvalue weighted by Crippen LogP contribution is 2.28. The maximum absolute atomic E-state index is 12.3. The van der Waals surface area contributed by atoms with E-state index in [1.807, 2.05) is 0 Å². The van der Waals surface area contributed by atoms with E-state index in [9.17, 15) is 9.59 Å². The predicted molar refractivity (Wildman–Crippen MR) is 71.5 cm³/mol. The van der Waals surface area contributed by atoms with Gasteiger partial charge in [-0.25, -0.2) is 9.78 Å². The first-order chi connectivity index (χ1) is 9.66. The molecule has 0 bridgehead atoms. The van der Waals surface area contributed by atoms with Gasteiger partial charge in [0.15, 0.2) is 10.8 Å². The molecule has 104 valence electrons. The second-order valence-corrected chi connectivity index (χ2v) is 5.53. The molecule has 2 aromatic heterocycles. The maximum atomic E-state index is 12.3. The van der Waals surface area contributed by atoms with Gasteiger partial charge in [0.1, 0.15) is 10.9 Å². The Bertz CT molecular complexity index is 635. The van der Waals surface area contributed by atoms with Gasteiger partial charge in [0, 0.05) is 6.54 Å². The molecule has 20 heavy (non-hydrogen) atoms. The van der Waals surface area contributed by atoms with Crippen LogP contribution in [0.3, 0.4) is 0 Å². The highest BCUT2D eigenvalue weighted by Gasteiger charge is 2.35. The van der Waals surface area contributed by atoms with Crippen molar-refractivity contribution in [3.63, 3.8) is 0 Å². The zero-order chi connectivity index (χ0) is 14.1. The van der Waals surface area contributed by atoms with Crippen molar-refractivity contribution in [1.29, 1.82) is 0 Å². The summed E-state index contributed by atoms with van der Waals surface area (Å²) in [4.78, 5) is 29.5. The number of aromatic nitrogens is 1. The topological polar surface area (TPSA) is 83.6 Å². The van der Waals surface area contributed by atoms with E-state index in [-0.39, 0.29) is 5.91 Å². The number of rotatable bonds is 3. The van der Waals surface area contributed by atoms with Crippen LogP contribution in [0.4, 0.5) is 0 Å². The van der Waals surface area contributed by atoms with Gasteiger partial charge in [-0.2, -0.15) is 0 Å². The molecule has 1 fully saturated rings. The molecule has 0 aliphatic carbocycles. The van der Waals surface area contributed by atoms with Crippen molar-refractivity contribution in [2.24, 2.45) is 0 Å². The van der Waals surface area contributed by atoms with E-state index in [1.165, 1.54) is 22.4 Å². The zero-order valence-corrected chi connectivity index (χ0v) is 11.3. The van der Waals surface area contributed by atoms with E-state index in [4.69, 9.17) is 9.52 Å². The number of carbonyl (C=O) groups excluding carboxylic acids is 1. The van der Waals surface area contributed by atoms with E-state index >= 15 is 0 Å². The minimum Gasteiger partial charge on any atom is -0.480 e. The molecular weight excluding hydrogens is 280 g/mol. The van der Waals surface area contributed by atoms with E-state index in [2.05, 4.69) is 4.98 Å². The number of aliphatic carboxylic acids is 1. The molecule has 7 heteroatoms. The Morgan fingerprint density at radius 1 is 1.50 bits per heavy atom. The highest BCUT2D eigenvalue weighted by atomic mass is 32.1. The average Bonchev–Trinajstić information content (AvgIpc) is 3.17. The first kappa shape index (κ1) is 12.9. The van der Waals surface area contributed by atoms with E-state index in [0.29, 0.717) is 35.0 Å². The van der Waals surface area contributed by atoms with E-state index in [1.54, 1.807) is 18.4 Å². The molecule has 1 aliphatic heterocycles. The number of thiazole rings is 1. The quantitative estimate of drug-likeness (QED) is 0.936.